The summed E-state index contributed by atoms with van der Waals surface area (Å²) in [5, 5.41) is 17.0. The number of rotatable bonds is 4. The molecule has 0 rings (SSSR count). The van der Waals surface area contributed by atoms with Crippen LogP contribution in [0.1, 0.15) is 13.3 Å². The van der Waals surface area contributed by atoms with Crippen molar-refractivity contribution < 1.29 is 19.7 Å². The molecular formula is C6H13NO4. The van der Waals surface area contributed by atoms with E-state index < -0.39 is 18.3 Å². The Morgan fingerprint density at radius 3 is 2.64 bits per heavy atom. The molecule has 11 heavy (non-hydrogen) atoms. The van der Waals surface area contributed by atoms with Gasteiger partial charge in [0.05, 0.1) is 0 Å². The van der Waals surface area contributed by atoms with Crippen LogP contribution in [0.25, 0.3) is 0 Å². The van der Waals surface area contributed by atoms with Gasteiger partial charge in [0, 0.05) is 13.0 Å². The normalized spacial score (nSPS) is 15.6. The van der Waals surface area contributed by atoms with Crippen molar-refractivity contribution in [1.29, 1.82) is 0 Å². The molecule has 2 unspecified atom stereocenters. The molecule has 0 aliphatic rings. The molecule has 5 heteroatoms. The zero-order valence-corrected chi connectivity index (χ0v) is 6.36. The molecule has 4 N–H and O–H groups in total. The van der Waals surface area contributed by atoms with Gasteiger partial charge in [-0.2, -0.15) is 0 Å². The summed E-state index contributed by atoms with van der Waals surface area (Å²) in [7, 11) is 0. The number of aliphatic hydroxyl groups excluding tert-OH is 2. The monoisotopic (exact) mass is 163 g/mol. The van der Waals surface area contributed by atoms with Gasteiger partial charge in [0.2, 0.25) is 0 Å². The lowest BCUT2D eigenvalue weighted by Gasteiger charge is -2.12. The van der Waals surface area contributed by atoms with Crippen LogP contribution in [0, 0.1) is 0 Å². The van der Waals surface area contributed by atoms with E-state index in [1.807, 2.05) is 0 Å². The van der Waals surface area contributed by atoms with E-state index in [0.29, 0.717) is 0 Å². The second-order valence-electron chi connectivity index (χ2n) is 2.16. The van der Waals surface area contributed by atoms with Gasteiger partial charge in [0.25, 0.3) is 0 Å². The summed E-state index contributed by atoms with van der Waals surface area (Å²) in [5.41, 5.74) is 5.21. The van der Waals surface area contributed by atoms with Gasteiger partial charge in [-0.15, -0.1) is 0 Å². The van der Waals surface area contributed by atoms with Crippen molar-refractivity contribution in [3.8, 4) is 0 Å². The minimum Gasteiger partial charge on any atom is -0.445 e. The number of aliphatic hydroxyl groups is 2. The predicted octanol–water partition coefficient (Wildman–Crippen LogP) is -1.42. The highest BCUT2D eigenvalue weighted by Gasteiger charge is 2.13. The maximum Gasteiger partial charge on any atom is 0.336 e. The van der Waals surface area contributed by atoms with Crippen LogP contribution in [-0.2, 0) is 9.53 Å². The minimum absolute atomic E-state index is 0.145. The van der Waals surface area contributed by atoms with Crippen molar-refractivity contribution in [2.75, 3.05) is 6.61 Å². The first-order valence-corrected chi connectivity index (χ1v) is 3.33. The Bertz CT molecular complexity index is 126. The van der Waals surface area contributed by atoms with Crippen LogP contribution in [-0.4, -0.2) is 35.1 Å². The average Bonchev–Trinajstić information content (AvgIpc) is 1.87. The Labute approximate surface area is 64.8 Å². The van der Waals surface area contributed by atoms with Gasteiger partial charge in [-0.1, -0.05) is 0 Å². The van der Waals surface area contributed by atoms with Crippen molar-refractivity contribution >= 4 is 5.97 Å². The summed E-state index contributed by atoms with van der Waals surface area (Å²) in [6.45, 7) is 1.14. The molecule has 0 aromatic rings. The number of hydrogen-bond acceptors (Lipinski definition) is 5. The van der Waals surface area contributed by atoms with Crippen molar-refractivity contribution in [2.45, 2.75) is 25.7 Å². The fourth-order valence-corrected chi connectivity index (χ4v) is 0.434. The van der Waals surface area contributed by atoms with Gasteiger partial charge in [-0.05, 0) is 6.92 Å². The number of ether oxygens (including phenoxy) is 1. The summed E-state index contributed by atoms with van der Waals surface area (Å²) in [6.07, 6.45) is -1.82. The second-order valence-corrected chi connectivity index (χ2v) is 2.16. The molecule has 0 aromatic carbocycles. The third-order valence-corrected chi connectivity index (χ3v) is 1.02. The largest absolute Gasteiger partial charge is 0.445 e. The van der Waals surface area contributed by atoms with Gasteiger partial charge >= 0.3 is 5.97 Å². The first-order chi connectivity index (χ1) is 5.07. The first-order valence-electron chi connectivity index (χ1n) is 3.33. The molecule has 5 nitrogen and oxygen atoms in total. The molecule has 0 aliphatic carbocycles. The van der Waals surface area contributed by atoms with Gasteiger partial charge in [0.15, 0.2) is 6.23 Å². The van der Waals surface area contributed by atoms with Gasteiger partial charge in [0.1, 0.15) is 6.10 Å². The number of carbonyl (C=O) groups is 1. The molecule has 0 fully saturated rings. The summed E-state index contributed by atoms with van der Waals surface area (Å²) >= 11 is 0. The van der Waals surface area contributed by atoms with Crippen molar-refractivity contribution in [3.63, 3.8) is 0 Å². The molecule has 0 aliphatic heterocycles. The van der Waals surface area contributed by atoms with Gasteiger partial charge in [-0.25, -0.2) is 4.79 Å². The lowest BCUT2D eigenvalue weighted by molar-refractivity contribution is -0.158. The number of hydrogen-bond donors (Lipinski definition) is 3. The van der Waals surface area contributed by atoms with E-state index in [2.05, 4.69) is 4.74 Å². The molecule has 0 radical (unpaired) electrons. The predicted molar refractivity (Wildman–Crippen MR) is 37.5 cm³/mol. The highest BCUT2D eigenvalue weighted by atomic mass is 16.6. The van der Waals surface area contributed by atoms with E-state index in [9.17, 15) is 4.79 Å². The molecule has 0 bridgehead atoms. The summed E-state index contributed by atoms with van der Waals surface area (Å²) in [5.74, 6) is -0.772. The molecule has 66 valence electrons. The third kappa shape index (κ3) is 4.72. The average molecular weight is 163 g/mol. The molecule has 0 saturated carbocycles. The fourth-order valence-electron chi connectivity index (χ4n) is 0.434. The molecule has 0 amide bonds. The van der Waals surface area contributed by atoms with Crippen molar-refractivity contribution in [1.82, 2.24) is 0 Å². The van der Waals surface area contributed by atoms with Crippen LogP contribution in [0.2, 0.25) is 0 Å². The standard InChI is InChI=1S/C6H13NO4/c1-4(9)6(10)11-5(7)2-3-8/h4-5,8-9H,2-3,7H2,1H3. The van der Waals surface area contributed by atoms with E-state index >= 15 is 0 Å². The van der Waals surface area contributed by atoms with E-state index in [-0.39, 0.29) is 13.0 Å². The van der Waals surface area contributed by atoms with Crippen LogP contribution in [0.15, 0.2) is 0 Å². The maximum absolute atomic E-state index is 10.6. The summed E-state index contributed by atoms with van der Waals surface area (Å²) in [4.78, 5) is 10.6. The van der Waals surface area contributed by atoms with Crippen molar-refractivity contribution in [3.05, 3.63) is 0 Å². The molecule has 2 atom stereocenters. The smallest absolute Gasteiger partial charge is 0.336 e. The van der Waals surface area contributed by atoms with E-state index in [0.717, 1.165) is 0 Å². The summed E-state index contributed by atoms with van der Waals surface area (Å²) in [6, 6.07) is 0. The number of carbonyl (C=O) groups excluding carboxylic acids is 1. The van der Waals surface area contributed by atoms with Crippen LogP contribution in [0.5, 0.6) is 0 Å². The van der Waals surface area contributed by atoms with Gasteiger partial charge < -0.3 is 14.9 Å². The Balaban J connectivity index is 3.57. The highest BCUT2D eigenvalue weighted by molar-refractivity contribution is 5.73. The third-order valence-electron chi connectivity index (χ3n) is 1.02. The number of nitrogens with two attached hydrogens (primary N) is 1. The Hall–Kier alpha value is -0.650. The molecular weight excluding hydrogens is 150 g/mol. The second kappa shape index (κ2) is 5.06. The molecule has 0 heterocycles. The molecule has 0 saturated heterocycles. The first kappa shape index (κ1) is 10.3. The zero-order chi connectivity index (χ0) is 8.85. The SMILES string of the molecule is CC(O)C(=O)OC(N)CCO. The highest BCUT2D eigenvalue weighted by Crippen LogP contribution is 1.93. The Kier molecular flexibility index (Phi) is 4.76. The Morgan fingerprint density at radius 2 is 2.27 bits per heavy atom. The Morgan fingerprint density at radius 1 is 1.73 bits per heavy atom. The fraction of sp³-hybridized carbons (Fsp3) is 0.833. The lowest BCUT2D eigenvalue weighted by atomic mass is 10.4. The molecule has 0 aromatic heterocycles. The van der Waals surface area contributed by atoms with Crippen LogP contribution < -0.4 is 5.73 Å². The topological polar surface area (TPSA) is 92.8 Å². The van der Waals surface area contributed by atoms with E-state index in [1.165, 1.54) is 6.92 Å². The van der Waals surface area contributed by atoms with Crippen molar-refractivity contribution in [2.24, 2.45) is 5.73 Å². The molecule has 0 spiro atoms. The minimum atomic E-state index is -1.17. The summed E-state index contributed by atoms with van der Waals surface area (Å²) < 4.78 is 4.48. The zero-order valence-electron chi connectivity index (χ0n) is 6.36. The van der Waals surface area contributed by atoms with E-state index in [4.69, 9.17) is 15.9 Å². The maximum atomic E-state index is 10.6. The van der Waals surface area contributed by atoms with Gasteiger partial charge in [-0.3, -0.25) is 5.73 Å². The van der Waals surface area contributed by atoms with Crippen LogP contribution in [0.4, 0.5) is 0 Å². The number of esters is 1. The van der Waals surface area contributed by atoms with Crippen LogP contribution >= 0.6 is 0 Å². The lowest BCUT2D eigenvalue weighted by Crippen LogP contribution is -2.32. The van der Waals surface area contributed by atoms with E-state index in [1.54, 1.807) is 0 Å². The quantitative estimate of drug-likeness (QED) is 0.349. The van der Waals surface area contributed by atoms with Crippen LogP contribution in [0.3, 0.4) is 0 Å².